The molecule has 0 aliphatic carbocycles. The van der Waals surface area contributed by atoms with E-state index in [1.54, 1.807) is 0 Å². The van der Waals surface area contributed by atoms with Gasteiger partial charge in [0.05, 0.1) is 6.07 Å². The molecule has 0 heterocycles. The summed E-state index contributed by atoms with van der Waals surface area (Å²) in [5.74, 6) is 0.733. The highest BCUT2D eigenvalue weighted by atomic mass is 35.5. The smallest absolute Gasteiger partial charge is 0.235 e. The number of rotatable bonds is 11. The molecule has 0 bridgehead atoms. The molecule has 0 aliphatic rings. The van der Waals surface area contributed by atoms with Crippen LogP contribution in [0.2, 0.25) is 0 Å². The van der Waals surface area contributed by atoms with Crippen LogP contribution in [0.4, 0.5) is 0 Å². The average molecular weight is 402 g/mol. The lowest BCUT2D eigenvalue weighted by Gasteiger charge is -2.19. The van der Waals surface area contributed by atoms with Gasteiger partial charge in [-0.1, -0.05) is 36.0 Å². The maximum Gasteiger partial charge on any atom is 0.235 e. The van der Waals surface area contributed by atoms with Crippen LogP contribution in [0.3, 0.4) is 0 Å². The third-order valence-electron chi connectivity index (χ3n) is 2.32. The van der Waals surface area contributed by atoms with Gasteiger partial charge in [-0.05, 0) is 18.6 Å². The molecule has 0 saturated carbocycles. The van der Waals surface area contributed by atoms with Crippen LogP contribution in [0.5, 0.6) is 0 Å². The maximum absolute atomic E-state index is 10.9. The van der Waals surface area contributed by atoms with E-state index in [1.165, 1.54) is 16.1 Å². The number of hydrogen-bond acceptors (Lipinski definition) is 3. The van der Waals surface area contributed by atoms with Crippen LogP contribution in [-0.2, 0) is 11.3 Å². The Hall–Kier alpha value is 1.07. The lowest BCUT2D eigenvalue weighted by Crippen LogP contribution is -2.27. The first kappa shape index (κ1) is 21.1. The summed E-state index contributed by atoms with van der Waals surface area (Å²) in [7, 11) is 0. The third-order valence-corrected chi connectivity index (χ3v) is 6.64. The van der Waals surface area contributed by atoms with E-state index in [2.05, 4.69) is 0 Å². The van der Waals surface area contributed by atoms with Crippen molar-refractivity contribution in [2.24, 2.45) is 0 Å². The van der Waals surface area contributed by atoms with Crippen molar-refractivity contribution in [1.82, 2.24) is 4.31 Å². The first-order valence-electron chi connectivity index (χ1n) is 5.84. The summed E-state index contributed by atoms with van der Waals surface area (Å²) >= 11 is 22.2. The third kappa shape index (κ3) is 9.91. The van der Waals surface area contributed by atoms with Crippen molar-refractivity contribution in [1.29, 1.82) is 5.26 Å². The van der Waals surface area contributed by atoms with Crippen LogP contribution in [-0.4, -0.2) is 40.4 Å². The number of halogens is 4. The lowest BCUT2D eigenvalue weighted by molar-refractivity contribution is 0.413. The van der Waals surface area contributed by atoms with Crippen molar-refractivity contribution in [3.63, 3.8) is 0 Å². The van der Waals surface area contributed by atoms with E-state index in [4.69, 9.17) is 56.2 Å². The van der Waals surface area contributed by atoms with Gasteiger partial charge in [0.25, 0.3) is 0 Å². The van der Waals surface area contributed by atoms with Crippen molar-refractivity contribution in [2.75, 3.05) is 18.8 Å². The Bertz CT molecular complexity index is 340. The van der Waals surface area contributed by atoms with Gasteiger partial charge >= 0.3 is 0 Å². The molecule has 0 aliphatic heterocycles. The van der Waals surface area contributed by atoms with Crippen LogP contribution in [0.15, 0.2) is 0 Å². The van der Waals surface area contributed by atoms with Gasteiger partial charge in [-0.2, -0.15) is 9.57 Å². The number of nitriles is 1. The summed E-state index contributed by atoms with van der Waals surface area (Å²) in [6.45, 7) is 0.372. The van der Waals surface area contributed by atoms with Crippen LogP contribution >= 0.6 is 58.2 Å². The molecule has 0 saturated heterocycles. The van der Waals surface area contributed by atoms with Crippen molar-refractivity contribution in [3.8, 4) is 6.07 Å². The molecular formula is C10H16Cl4N2O2S2. The SMILES string of the molecule is N#CCN(CCCCCCSC(Cl)(Cl)C(Cl)Cl)S(=O)O. The average Bonchev–Trinajstić information content (AvgIpc) is 2.35. The van der Waals surface area contributed by atoms with Crippen LogP contribution in [0.1, 0.15) is 25.7 Å². The van der Waals surface area contributed by atoms with E-state index in [0.717, 1.165) is 31.4 Å². The fraction of sp³-hybridized carbons (Fsp3) is 0.900. The van der Waals surface area contributed by atoms with E-state index in [0.29, 0.717) is 6.54 Å². The lowest BCUT2D eigenvalue weighted by atomic mass is 10.2. The highest BCUT2D eigenvalue weighted by Crippen LogP contribution is 2.42. The second-order valence-corrected chi connectivity index (χ2v) is 9.13. The van der Waals surface area contributed by atoms with Crippen LogP contribution < -0.4 is 0 Å². The zero-order valence-corrected chi connectivity index (χ0v) is 15.3. The monoisotopic (exact) mass is 400 g/mol. The Morgan fingerprint density at radius 3 is 2.40 bits per heavy atom. The molecule has 0 rings (SSSR count). The van der Waals surface area contributed by atoms with Crippen LogP contribution in [0.25, 0.3) is 0 Å². The first-order chi connectivity index (χ1) is 9.31. The Morgan fingerprint density at radius 2 is 1.90 bits per heavy atom. The van der Waals surface area contributed by atoms with Gasteiger partial charge < -0.3 is 0 Å². The minimum Gasteiger partial charge on any atom is -0.294 e. The van der Waals surface area contributed by atoms with Crippen molar-refractivity contribution in [3.05, 3.63) is 0 Å². The predicted octanol–water partition coefficient (Wildman–Crippen LogP) is 4.18. The van der Waals surface area contributed by atoms with Gasteiger partial charge in [0.15, 0.2) is 3.67 Å². The van der Waals surface area contributed by atoms with E-state index < -0.39 is 19.8 Å². The molecule has 1 N–H and O–H groups in total. The summed E-state index contributed by atoms with van der Waals surface area (Å²) in [6, 6.07) is 1.85. The zero-order chi connectivity index (χ0) is 15.6. The van der Waals surface area contributed by atoms with E-state index in [-0.39, 0.29) is 6.54 Å². The first-order valence-corrected chi connectivity index (χ1v) is 9.52. The summed E-state index contributed by atoms with van der Waals surface area (Å²) in [5, 5.41) is 8.49. The molecule has 0 fully saturated rings. The van der Waals surface area contributed by atoms with Crippen molar-refractivity contribution < 1.29 is 8.76 Å². The Labute approximate surface area is 146 Å². The molecule has 1 atom stereocenters. The topological polar surface area (TPSA) is 64.3 Å². The second kappa shape index (κ2) is 11.6. The standard InChI is InChI=1S/C10H16Cl4N2O2S2/c11-9(12)10(13,14)19-8-4-2-1-3-6-16(7-5-15)20(17)18/h9H,1-4,6-8H2,(H,17,18). The second-order valence-electron chi connectivity index (χ2n) is 3.88. The summed E-state index contributed by atoms with van der Waals surface area (Å²) < 4.78 is 19.8. The highest BCUT2D eigenvalue weighted by molar-refractivity contribution is 8.03. The van der Waals surface area contributed by atoms with E-state index in [9.17, 15) is 4.21 Å². The number of alkyl halides is 4. The summed E-state index contributed by atoms with van der Waals surface area (Å²) in [4.78, 5) is -0.852. The fourth-order valence-electron chi connectivity index (χ4n) is 1.31. The van der Waals surface area contributed by atoms with Gasteiger partial charge in [0.2, 0.25) is 11.3 Å². The molecule has 0 amide bonds. The molecule has 0 aromatic carbocycles. The molecule has 20 heavy (non-hydrogen) atoms. The molecule has 10 heteroatoms. The van der Waals surface area contributed by atoms with Crippen LogP contribution in [0, 0.1) is 11.3 Å². The van der Waals surface area contributed by atoms with Gasteiger partial charge in [-0.3, -0.25) is 4.55 Å². The molecule has 0 aromatic heterocycles. The Morgan fingerprint density at radius 1 is 1.30 bits per heavy atom. The molecule has 0 radical (unpaired) electrons. The van der Waals surface area contributed by atoms with Gasteiger partial charge in [-0.15, -0.1) is 35.0 Å². The van der Waals surface area contributed by atoms with Gasteiger partial charge in [-0.25, -0.2) is 4.21 Å². The predicted molar refractivity (Wildman–Crippen MR) is 88.8 cm³/mol. The Kier molecular flexibility index (Phi) is 12.2. The zero-order valence-electron chi connectivity index (χ0n) is 10.6. The molecule has 0 aromatic rings. The number of thioether (sulfide) groups is 1. The minimum atomic E-state index is -2.09. The molecule has 1 unspecified atom stereocenters. The molecule has 0 spiro atoms. The summed E-state index contributed by atoms with van der Waals surface area (Å²) in [5.41, 5.74) is 0. The largest absolute Gasteiger partial charge is 0.294 e. The molecule has 118 valence electrons. The maximum atomic E-state index is 10.9. The quantitative estimate of drug-likeness (QED) is 0.244. The molecule has 4 nitrogen and oxygen atoms in total. The van der Waals surface area contributed by atoms with E-state index >= 15 is 0 Å². The normalized spacial score (nSPS) is 13.7. The molecular weight excluding hydrogens is 386 g/mol. The highest BCUT2D eigenvalue weighted by Gasteiger charge is 2.32. The van der Waals surface area contributed by atoms with Gasteiger partial charge in [0.1, 0.15) is 11.4 Å². The number of unbranched alkanes of at least 4 members (excludes halogenated alkanes) is 3. The van der Waals surface area contributed by atoms with E-state index in [1.807, 2.05) is 6.07 Å². The van der Waals surface area contributed by atoms with Crippen molar-refractivity contribution >= 4 is 69.4 Å². The van der Waals surface area contributed by atoms with Gasteiger partial charge in [0, 0.05) is 6.54 Å². The Balaban J connectivity index is 3.63. The fourth-order valence-corrected chi connectivity index (χ4v) is 3.35. The minimum absolute atomic E-state index is 0.0488. The van der Waals surface area contributed by atoms with Crippen molar-refractivity contribution in [2.45, 2.75) is 34.2 Å². The summed E-state index contributed by atoms with van der Waals surface area (Å²) in [6.07, 6.45) is 3.47. The number of hydrogen-bond donors (Lipinski definition) is 1. The number of nitrogens with zero attached hydrogens (tertiary/aromatic N) is 2.